The van der Waals surface area contributed by atoms with Crippen LogP contribution in [0.1, 0.15) is 28.7 Å². The minimum Gasteiger partial charge on any atom is -0.461 e. The van der Waals surface area contributed by atoms with Crippen LogP contribution in [0.3, 0.4) is 0 Å². The maximum Gasteiger partial charge on any atom is 0.417 e. The average Bonchev–Trinajstić information content (AvgIpc) is 2.91. The van der Waals surface area contributed by atoms with E-state index in [0.717, 1.165) is 6.07 Å². The number of carbonyl (C=O) groups is 1. The summed E-state index contributed by atoms with van der Waals surface area (Å²) in [6.07, 6.45) is -4.53. The lowest BCUT2D eigenvalue weighted by molar-refractivity contribution is -0.137. The SMILES string of the molecule is CCOC(=O)c1c(C)nc2c(Br)cc(-c3ccccc3C(F)(F)F)nn12. The Balaban J connectivity index is 2.28. The largest absolute Gasteiger partial charge is 0.461 e. The number of imidazole rings is 1. The van der Waals surface area contributed by atoms with Gasteiger partial charge >= 0.3 is 12.1 Å². The minimum absolute atomic E-state index is 0.0558. The Morgan fingerprint density at radius 2 is 2.00 bits per heavy atom. The number of ether oxygens (including phenoxy) is 1. The second-order valence-electron chi connectivity index (χ2n) is 5.42. The van der Waals surface area contributed by atoms with Gasteiger partial charge in [-0.15, -0.1) is 0 Å². The summed E-state index contributed by atoms with van der Waals surface area (Å²) in [5.41, 5.74) is -0.0807. The fourth-order valence-electron chi connectivity index (χ4n) is 2.61. The van der Waals surface area contributed by atoms with Crippen molar-refractivity contribution in [3.05, 3.63) is 51.8 Å². The summed E-state index contributed by atoms with van der Waals surface area (Å²) < 4.78 is 46.6. The van der Waals surface area contributed by atoms with Gasteiger partial charge in [-0.1, -0.05) is 18.2 Å². The lowest BCUT2D eigenvalue weighted by Gasteiger charge is -2.13. The summed E-state index contributed by atoms with van der Waals surface area (Å²) in [6, 6.07) is 6.57. The quantitative estimate of drug-likeness (QED) is 0.570. The molecular formula is C17H13BrF3N3O2. The number of fused-ring (bicyclic) bond motifs is 1. The van der Waals surface area contributed by atoms with Crippen LogP contribution < -0.4 is 0 Å². The topological polar surface area (TPSA) is 56.5 Å². The summed E-state index contributed by atoms with van der Waals surface area (Å²) in [4.78, 5) is 16.5. The standard InChI is InChI=1S/C17H13BrF3N3O2/c1-3-26-16(25)14-9(2)22-15-12(18)8-13(23-24(14)15)10-6-4-5-7-11(10)17(19,20)21/h4-8H,3H2,1-2H3. The van der Waals surface area contributed by atoms with E-state index in [1.54, 1.807) is 13.8 Å². The number of benzene rings is 1. The first-order chi connectivity index (χ1) is 12.2. The first-order valence-corrected chi connectivity index (χ1v) is 8.43. The number of aryl methyl sites for hydroxylation is 1. The molecule has 26 heavy (non-hydrogen) atoms. The van der Waals surface area contributed by atoms with Crippen LogP contribution in [0.5, 0.6) is 0 Å². The zero-order valence-electron chi connectivity index (χ0n) is 13.8. The number of halogens is 4. The van der Waals surface area contributed by atoms with Crippen LogP contribution in [-0.4, -0.2) is 27.2 Å². The number of nitrogens with zero attached hydrogens (tertiary/aromatic N) is 3. The summed E-state index contributed by atoms with van der Waals surface area (Å²) in [7, 11) is 0. The monoisotopic (exact) mass is 427 g/mol. The molecule has 0 atom stereocenters. The fourth-order valence-corrected chi connectivity index (χ4v) is 3.08. The van der Waals surface area contributed by atoms with Gasteiger partial charge in [0.15, 0.2) is 11.3 Å². The van der Waals surface area contributed by atoms with E-state index >= 15 is 0 Å². The third kappa shape index (κ3) is 3.18. The number of hydrogen-bond acceptors (Lipinski definition) is 4. The molecule has 0 amide bonds. The van der Waals surface area contributed by atoms with E-state index in [2.05, 4.69) is 26.0 Å². The number of aromatic nitrogens is 3. The molecule has 2 heterocycles. The summed E-state index contributed by atoms with van der Waals surface area (Å²) in [6.45, 7) is 3.42. The molecule has 136 valence electrons. The fraction of sp³-hybridized carbons (Fsp3) is 0.235. The Kier molecular flexibility index (Phi) is 4.74. The Labute approximate surface area is 154 Å². The minimum atomic E-state index is -4.53. The first kappa shape index (κ1) is 18.4. The average molecular weight is 428 g/mol. The van der Waals surface area contributed by atoms with Gasteiger partial charge in [0.05, 0.1) is 28.0 Å². The molecule has 2 aromatic heterocycles. The van der Waals surface area contributed by atoms with Crippen molar-refractivity contribution in [2.45, 2.75) is 20.0 Å². The van der Waals surface area contributed by atoms with Crippen molar-refractivity contribution in [1.82, 2.24) is 14.6 Å². The van der Waals surface area contributed by atoms with Gasteiger partial charge in [-0.05, 0) is 41.9 Å². The van der Waals surface area contributed by atoms with E-state index in [0.29, 0.717) is 15.8 Å². The molecule has 3 rings (SSSR count). The van der Waals surface area contributed by atoms with E-state index in [1.807, 2.05) is 0 Å². The van der Waals surface area contributed by atoms with Crippen LogP contribution in [0.25, 0.3) is 16.9 Å². The molecule has 0 spiro atoms. The normalized spacial score (nSPS) is 11.8. The molecule has 0 aliphatic heterocycles. The summed E-state index contributed by atoms with van der Waals surface area (Å²) in [5.74, 6) is -0.641. The highest BCUT2D eigenvalue weighted by molar-refractivity contribution is 9.10. The molecular weight excluding hydrogens is 415 g/mol. The van der Waals surface area contributed by atoms with Crippen LogP contribution in [0.15, 0.2) is 34.8 Å². The Morgan fingerprint density at radius 3 is 2.65 bits per heavy atom. The zero-order valence-corrected chi connectivity index (χ0v) is 15.3. The van der Waals surface area contributed by atoms with Gasteiger partial charge in [0, 0.05) is 5.56 Å². The smallest absolute Gasteiger partial charge is 0.417 e. The summed E-state index contributed by atoms with van der Waals surface area (Å²) in [5, 5.41) is 4.23. The lowest BCUT2D eigenvalue weighted by Crippen LogP contribution is -2.12. The second kappa shape index (κ2) is 6.71. The lowest BCUT2D eigenvalue weighted by atomic mass is 10.0. The van der Waals surface area contributed by atoms with Gasteiger partial charge in [-0.25, -0.2) is 14.3 Å². The Hall–Kier alpha value is -2.42. The van der Waals surface area contributed by atoms with Crippen molar-refractivity contribution in [1.29, 1.82) is 0 Å². The molecule has 0 unspecified atom stereocenters. The number of esters is 1. The van der Waals surface area contributed by atoms with Crippen LogP contribution >= 0.6 is 15.9 Å². The molecule has 0 aliphatic carbocycles. The van der Waals surface area contributed by atoms with E-state index in [-0.39, 0.29) is 23.6 Å². The highest BCUT2D eigenvalue weighted by Gasteiger charge is 2.34. The van der Waals surface area contributed by atoms with Gasteiger partial charge in [-0.2, -0.15) is 18.3 Å². The molecule has 0 bridgehead atoms. The maximum absolute atomic E-state index is 13.3. The number of rotatable bonds is 3. The Morgan fingerprint density at radius 1 is 1.31 bits per heavy atom. The van der Waals surface area contributed by atoms with E-state index in [1.165, 1.54) is 28.8 Å². The van der Waals surface area contributed by atoms with Gasteiger partial charge < -0.3 is 4.74 Å². The van der Waals surface area contributed by atoms with Gasteiger partial charge in [0.2, 0.25) is 0 Å². The molecule has 0 radical (unpaired) electrons. The summed E-state index contributed by atoms with van der Waals surface area (Å²) >= 11 is 3.30. The predicted molar refractivity (Wildman–Crippen MR) is 91.8 cm³/mol. The molecule has 9 heteroatoms. The highest BCUT2D eigenvalue weighted by atomic mass is 79.9. The third-order valence-electron chi connectivity index (χ3n) is 3.69. The van der Waals surface area contributed by atoms with Crippen LogP contribution in [0, 0.1) is 6.92 Å². The number of carbonyl (C=O) groups excluding carboxylic acids is 1. The van der Waals surface area contributed by atoms with Crippen molar-refractivity contribution < 1.29 is 22.7 Å². The molecule has 0 N–H and O–H groups in total. The van der Waals surface area contributed by atoms with Crippen LogP contribution in [0.2, 0.25) is 0 Å². The maximum atomic E-state index is 13.3. The van der Waals surface area contributed by atoms with Crippen LogP contribution in [-0.2, 0) is 10.9 Å². The van der Waals surface area contributed by atoms with E-state index in [4.69, 9.17) is 4.74 Å². The first-order valence-electron chi connectivity index (χ1n) is 7.63. The van der Waals surface area contributed by atoms with Gasteiger partial charge in [-0.3, -0.25) is 0 Å². The molecule has 3 aromatic rings. The second-order valence-corrected chi connectivity index (χ2v) is 6.28. The number of hydrogen-bond donors (Lipinski definition) is 0. The molecule has 0 fully saturated rings. The predicted octanol–water partition coefficient (Wildman–Crippen LogP) is 4.66. The van der Waals surface area contributed by atoms with Crippen molar-refractivity contribution in [3.8, 4) is 11.3 Å². The molecule has 0 aliphatic rings. The van der Waals surface area contributed by atoms with Crippen LogP contribution in [0.4, 0.5) is 13.2 Å². The molecule has 1 aromatic carbocycles. The number of alkyl halides is 3. The van der Waals surface area contributed by atoms with Crippen molar-refractivity contribution >= 4 is 27.5 Å². The Bertz CT molecular complexity index is 999. The highest BCUT2D eigenvalue weighted by Crippen LogP contribution is 2.37. The van der Waals surface area contributed by atoms with Crippen molar-refractivity contribution in [2.24, 2.45) is 0 Å². The van der Waals surface area contributed by atoms with Crippen molar-refractivity contribution in [3.63, 3.8) is 0 Å². The van der Waals surface area contributed by atoms with E-state index < -0.39 is 17.7 Å². The zero-order chi connectivity index (χ0) is 19.1. The van der Waals surface area contributed by atoms with Gasteiger partial charge in [0.1, 0.15) is 0 Å². The molecule has 0 saturated carbocycles. The molecule has 0 saturated heterocycles. The third-order valence-corrected chi connectivity index (χ3v) is 4.27. The van der Waals surface area contributed by atoms with Crippen molar-refractivity contribution in [2.75, 3.05) is 6.61 Å². The molecule has 5 nitrogen and oxygen atoms in total. The van der Waals surface area contributed by atoms with Gasteiger partial charge in [0.25, 0.3) is 0 Å². The van der Waals surface area contributed by atoms with E-state index in [9.17, 15) is 18.0 Å².